The first-order valence-corrected chi connectivity index (χ1v) is 10.1. The Morgan fingerprint density at radius 1 is 1.14 bits per heavy atom. The number of aromatic hydroxyl groups is 1. The Kier molecular flexibility index (Phi) is 9.46. The molecule has 4 nitrogen and oxygen atoms in total. The molecule has 0 heterocycles. The molecule has 2 atom stereocenters. The third kappa shape index (κ3) is 8.06. The van der Waals surface area contributed by atoms with Gasteiger partial charge in [-0.15, -0.1) is 5.73 Å². The van der Waals surface area contributed by atoms with Crippen LogP contribution in [0.3, 0.4) is 0 Å². The predicted octanol–water partition coefficient (Wildman–Crippen LogP) is 5.17. The monoisotopic (exact) mass is 416 g/mol. The summed E-state index contributed by atoms with van der Waals surface area (Å²) in [7, 11) is 0. The van der Waals surface area contributed by atoms with Crippen LogP contribution in [0, 0.1) is 5.92 Å². The summed E-state index contributed by atoms with van der Waals surface area (Å²) < 4.78 is 5.61. The summed E-state index contributed by atoms with van der Waals surface area (Å²) in [5.41, 5.74) is 5.80. The lowest BCUT2D eigenvalue weighted by atomic mass is 9.97. The van der Waals surface area contributed by atoms with Crippen LogP contribution in [0.4, 0.5) is 0 Å². The zero-order valence-corrected chi connectivity index (χ0v) is 17.6. The lowest BCUT2D eigenvalue weighted by molar-refractivity contribution is 0.0280. The molecular formula is C24H29ClO4. The Hall–Kier alpha value is -2.07. The van der Waals surface area contributed by atoms with E-state index in [9.17, 15) is 15.3 Å². The molecule has 0 aliphatic carbocycles. The van der Waals surface area contributed by atoms with Crippen molar-refractivity contribution in [3.8, 4) is 5.75 Å². The molecule has 0 aliphatic rings. The number of rotatable bonds is 10. The Labute approximate surface area is 177 Å². The van der Waals surface area contributed by atoms with Gasteiger partial charge in [0.1, 0.15) is 5.75 Å². The van der Waals surface area contributed by atoms with Gasteiger partial charge in [0.25, 0.3) is 0 Å². The van der Waals surface area contributed by atoms with Crippen LogP contribution in [0.5, 0.6) is 5.75 Å². The maximum atomic E-state index is 10.3. The molecule has 0 spiro atoms. The molecule has 2 rings (SSSR count). The van der Waals surface area contributed by atoms with Crippen LogP contribution in [0.15, 0.2) is 65.9 Å². The standard InChI is InChI=1S/C24H29ClO4/c1-17(2)19(13-21(27)16-29-15-18-7-4-3-5-8-18)9-6-10-24(28)22-12-11-20(26)14-23(22)25/h3-8,11-12,14,17,21,24,26-28H,10,13,15-16H2,1-2H3/t9?,21-,24-/m1/s1. The van der Waals surface area contributed by atoms with Crippen LogP contribution in [0.25, 0.3) is 0 Å². The summed E-state index contributed by atoms with van der Waals surface area (Å²) in [6.07, 6.45) is 1.15. The number of benzene rings is 2. The molecular weight excluding hydrogens is 388 g/mol. The molecule has 0 fully saturated rings. The van der Waals surface area contributed by atoms with Crippen molar-refractivity contribution >= 4 is 11.6 Å². The first-order chi connectivity index (χ1) is 13.9. The number of phenolic OH excluding ortho intramolecular Hbond substituents is 1. The van der Waals surface area contributed by atoms with Crippen LogP contribution in [-0.2, 0) is 11.3 Å². The second kappa shape index (κ2) is 11.8. The van der Waals surface area contributed by atoms with E-state index in [1.165, 1.54) is 12.1 Å². The van der Waals surface area contributed by atoms with E-state index >= 15 is 0 Å². The molecule has 5 heteroatoms. The van der Waals surface area contributed by atoms with Crippen LogP contribution in [0.2, 0.25) is 5.02 Å². The van der Waals surface area contributed by atoms with E-state index in [1.807, 2.05) is 44.2 Å². The van der Waals surface area contributed by atoms with Gasteiger partial charge < -0.3 is 20.1 Å². The summed E-state index contributed by atoms with van der Waals surface area (Å²) >= 11 is 6.07. The van der Waals surface area contributed by atoms with Gasteiger partial charge in [-0.3, -0.25) is 0 Å². The summed E-state index contributed by atoms with van der Waals surface area (Å²) in [6.45, 7) is 4.80. The highest BCUT2D eigenvalue weighted by atomic mass is 35.5. The second-order valence-electron chi connectivity index (χ2n) is 7.34. The van der Waals surface area contributed by atoms with Gasteiger partial charge in [-0.2, -0.15) is 0 Å². The molecule has 0 saturated carbocycles. The summed E-state index contributed by atoms with van der Waals surface area (Å²) in [5, 5.41) is 30.4. The van der Waals surface area contributed by atoms with Crippen molar-refractivity contribution in [2.24, 2.45) is 5.92 Å². The van der Waals surface area contributed by atoms with Crippen molar-refractivity contribution in [2.45, 2.75) is 45.5 Å². The smallest absolute Gasteiger partial charge is 0.117 e. The maximum absolute atomic E-state index is 10.3. The molecule has 0 saturated heterocycles. The van der Waals surface area contributed by atoms with E-state index in [0.717, 1.165) is 11.1 Å². The number of halogens is 1. The fourth-order valence-corrected chi connectivity index (χ4v) is 3.18. The molecule has 3 N–H and O–H groups in total. The van der Waals surface area contributed by atoms with Gasteiger partial charge in [-0.1, -0.05) is 61.8 Å². The first kappa shape index (κ1) is 23.2. The number of aliphatic hydroxyl groups is 2. The second-order valence-corrected chi connectivity index (χ2v) is 7.75. The Bertz CT molecular complexity index is 826. The third-order valence-corrected chi connectivity index (χ3v) is 4.87. The lowest BCUT2D eigenvalue weighted by Crippen LogP contribution is -2.17. The molecule has 29 heavy (non-hydrogen) atoms. The molecule has 0 aliphatic heterocycles. The maximum Gasteiger partial charge on any atom is 0.117 e. The average molecular weight is 417 g/mol. The molecule has 0 amide bonds. The van der Waals surface area contributed by atoms with Crippen molar-refractivity contribution in [3.05, 3.63) is 82.1 Å². The Morgan fingerprint density at radius 2 is 1.86 bits per heavy atom. The molecule has 2 aromatic rings. The summed E-state index contributed by atoms with van der Waals surface area (Å²) in [6, 6.07) is 14.4. The highest BCUT2D eigenvalue weighted by Crippen LogP contribution is 2.28. The molecule has 0 bridgehead atoms. The highest BCUT2D eigenvalue weighted by molar-refractivity contribution is 6.31. The molecule has 2 aromatic carbocycles. The SMILES string of the molecule is CC(C)C(=C=CC[C@@H](O)c1ccc(O)cc1Cl)C[C@@H](O)COCc1ccccc1. The van der Waals surface area contributed by atoms with Crippen molar-refractivity contribution in [1.82, 2.24) is 0 Å². The summed E-state index contributed by atoms with van der Waals surface area (Å²) in [4.78, 5) is 0. The molecule has 0 radical (unpaired) electrons. The molecule has 0 unspecified atom stereocenters. The van der Waals surface area contributed by atoms with E-state index in [0.29, 0.717) is 30.0 Å². The van der Waals surface area contributed by atoms with Gasteiger partial charge in [0.2, 0.25) is 0 Å². The van der Waals surface area contributed by atoms with E-state index in [2.05, 4.69) is 5.73 Å². The van der Waals surface area contributed by atoms with Crippen LogP contribution < -0.4 is 0 Å². The van der Waals surface area contributed by atoms with Gasteiger partial charge in [0.15, 0.2) is 0 Å². The predicted molar refractivity (Wildman–Crippen MR) is 116 cm³/mol. The van der Waals surface area contributed by atoms with Gasteiger partial charge in [0, 0.05) is 12.8 Å². The van der Waals surface area contributed by atoms with Crippen LogP contribution >= 0.6 is 11.6 Å². The number of aliphatic hydroxyl groups excluding tert-OH is 2. The largest absolute Gasteiger partial charge is 0.508 e. The van der Waals surface area contributed by atoms with Crippen molar-refractivity contribution in [2.75, 3.05) is 6.61 Å². The first-order valence-electron chi connectivity index (χ1n) is 9.77. The van der Waals surface area contributed by atoms with Crippen LogP contribution in [-0.4, -0.2) is 28.0 Å². The van der Waals surface area contributed by atoms with E-state index in [1.54, 1.807) is 12.1 Å². The quantitative estimate of drug-likeness (QED) is 0.467. The highest BCUT2D eigenvalue weighted by Gasteiger charge is 2.12. The zero-order chi connectivity index (χ0) is 21.2. The average Bonchev–Trinajstić information content (AvgIpc) is 2.67. The molecule has 156 valence electrons. The van der Waals surface area contributed by atoms with Gasteiger partial charge >= 0.3 is 0 Å². The number of phenols is 1. The minimum absolute atomic E-state index is 0.0620. The number of ether oxygens (including phenoxy) is 1. The summed E-state index contributed by atoms with van der Waals surface area (Å²) in [5.74, 6) is 0.274. The number of hydrogen-bond donors (Lipinski definition) is 3. The van der Waals surface area contributed by atoms with E-state index in [-0.39, 0.29) is 18.3 Å². The van der Waals surface area contributed by atoms with Crippen molar-refractivity contribution in [1.29, 1.82) is 0 Å². The van der Waals surface area contributed by atoms with Gasteiger partial charge in [-0.05, 0) is 40.8 Å². The third-order valence-electron chi connectivity index (χ3n) is 4.55. The lowest BCUT2D eigenvalue weighted by Gasteiger charge is -2.15. The Balaban J connectivity index is 1.90. The molecule has 0 aromatic heterocycles. The normalized spacial score (nSPS) is 13.0. The van der Waals surface area contributed by atoms with Crippen molar-refractivity contribution in [3.63, 3.8) is 0 Å². The van der Waals surface area contributed by atoms with Gasteiger partial charge in [0.05, 0.1) is 30.4 Å². The minimum Gasteiger partial charge on any atom is -0.508 e. The van der Waals surface area contributed by atoms with E-state index in [4.69, 9.17) is 16.3 Å². The topological polar surface area (TPSA) is 69.9 Å². The van der Waals surface area contributed by atoms with E-state index < -0.39 is 12.2 Å². The van der Waals surface area contributed by atoms with Crippen molar-refractivity contribution < 1.29 is 20.1 Å². The Morgan fingerprint density at radius 3 is 2.52 bits per heavy atom. The fourth-order valence-electron chi connectivity index (χ4n) is 2.88. The zero-order valence-electron chi connectivity index (χ0n) is 16.9. The minimum atomic E-state index is -0.789. The van der Waals surface area contributed by atoms with Crippen LogP contribution in [0.1, 0.15) is 43.9 Å². The fraction of sp³-hybridized carbons (Fsp3) is 0.375. The van der Waals surface area contributed by atoms with Gasteiger partial charge in [-0.25, -0.2) is 0 Å². The number of hydrogen-bond acceptors (Lipinski definition) is 4.